The molecule has 2 aliphatic carbocycles. The Morgan fingerprint density at radius 1 is 0.826 bits per heavy atom. The summed E-state index contributed by atoms with van der Waals surface area (Å²) in [4.78, 5) is 2.36. The molecular formula is C21H33NO. The van der Waals surface area contributed by atoms with Gasteiger partial charge in [-0.2, -0.15) is 0 Å². The number of benzene rings is 1. The van der Waals surface area contributed by atoms with Gasteiger partial charge < -0.3 is 10.0 Å². The molecule has 1 atom stereocenters. The van der Waals surface area contributed by atoms with Gasteiger partial charge in [0.15, 0.2) is 0 Å². The lowest BCUT2D eigenvalue weighted by Gasteiger charge is -2.47. The second-order valence-corrected chi connectivity index (χ2v) is 8.00. The molecule has 0 aliphatic heterocycles. The molecule has 3 rings (SSSR count). The summed E-state index contributed by atoms with van der Waals surface area (Å²) < 4.78 is 0. The van der Waals surface area contributed by atoms with Crippen LogP contribution in [0.15, 0.2) is 30.3 Å². The molecule has 0 aromatic heterocycles. The molecule has 2 heteroatoms. The third-order valence-electron chi connectivity index (χ3n) is 6.51. The highest BCUT2D eigenvalue weighted by Gasteiger charge is 2.46. The van der Waals surface area contributed by atoms with Crippen LogP contribution in [0.4, 0.5) is 0 Å². The van der Waals surface area contributed by atoms with Gasteiger partial charge in [-0.05, 0) is 70.0 Å². The van der Waals surface area contributed by atoms with Crippen molar-refractivity contribution in [1.82, 2.24) is 4.90 Å². The molecule has 0 saturated heterocycles. The first kappa shape index (κ1) is 17.0. The normalized spacial score (nSPS) is 29.4. The second kappa shape index (κ2) is 7.36. The van der Waals surface area contributed by atoms with E-state index in [2.05, 4.69) is 49.3 Å². The molecule has 0 radical (unpaired) electrons. The third kappa shape index (κ3) is 3.49. The van der Waals surface area contributed by atoms with E-state index in [4.69, 9.17) is 0 Å². The number of nitrogens with zero attached hydrogens (tertiary/aromatic N) is 1. The Kier molecular flexibility index (Phi) is 5.43. The van der Waals surface area contributed by atoms with Crippen LogP contribution in [0.2, 0.25) is 0 Å². The van der Waals surface area contributed by atoms with Gasteiger partial charge in [-0.25, -0.2) is 0 Å². The molecule has 2 nitrogen and oxygen atoms in total. The van der Waals surface area contributed by atoms with Crippen molar-refractivity contribution in [2.45, 2.75) is 69.4 Å². The van der Waals surface area contributed by atoms with Crippen LogP contribution in [0.1, 0.15) is 63.4 Å². The zero-order valence-electron chi connectivity index (χ0n) is 14.9. The first-order chi connectivity index (χ1) is 11.1. The standard InChI is InChI=1S/C21H33NO/c1-22(2)20-15-13-19(14-16-20)21(23,17-9-5-3-6-10-17)18-11-7-4-8-12-18/h3,5-6,9-10,18-20,23H,4,7-8,11-16H2,1-2H3. The van der Waals surface area contributed by atoms with E-state index in [1.54, 1.807) is 0 Å². The van der Waals surface area contributed by atoms with Crippen LogP contribution >= 0.6 is 0 Å². The molecule has 0 spiro atoms. The summed E-state index contributed by atoms with van der Waals surface area (Å²) in [5.41, 5.74) is 0.555. The van der Waals surface area contributed by atoms with E-state index >= 15 is 0 Å². The van der Waals surface area contributed by atoms with E-state index in [0.29, 0.717) is 17.9 Å². The number of aliphatic hydroxyl groups is 1. The lowest BCUT2D eigenvalue weighted by atomic mass is 9.63. The summed E-state index contributed by atoms with van der Waals surface area (Å²) in [5.74, 6) is 0.865. The fourth-order valence-corrected chi connectivity index (χ4v) is 5.08. The summed E-state index contributed by atoms with van der Waals surface area (Å²) in [5, 5.41) is 11.9. The van der Waals surface area contributed by atoms with E-state index in [1.165, 1.54) is 50.5 Å². The summed E-state index contributed by atoms with van der Waals surface area (Å²) in [6, 6.07) is 11.3. The lowest BCUT2D eigenvalue weighted by Crippen LogP contribution is -2.46. The van der Waals surface area contributed by atoms with Gasteiger partial charge in [0.05, 0.1) is 5.60 Å². The van der Waals surface area contributed by atoms with Gasteiger partial charge in [-0.3, -0.25) is 0 Å². The minimum atomic E-state index is -0.612. The molecule has 1 unspecified atom stereocenters. The molecule has 0 bridgehead atoms. The van der Waals surface area contributed by atoms with Crippen LogP contribution < -0.4 is 0 Å². The maximum Gasteiger partial charge on any atom is 0.0952 e. The van der Waals surface area contributed by atoms with Gasteiger partial charge in [0.2, 0.25) is 0 Å². The zero-order valence-corrected chi connectivity index (χ0v) is 14.9. The van der Waals surface area contributed by atoms with E-state index in [0.717, 1.165) is 12.8 Å². The largest absolute Gasteiger partial charge is 0.385 e. The maximum absolute atomic E-state index is 11.9. The predicted octanol–water partition coefficient (Wildman–Crippen LogP) is 4.57. The van der Waals surface area contributed by atoms with Gasteiger partial charge in [-0.1, -0.05) is 49.6 Å². The van der Waals surface area contributed by atoms with Gasteiger partial charge in [0.25, 0.3) is 0 Å². The van der Waals surface area contributed by atoms with Crippen molar-refractivity contribution in [3.05, 3.63) is 35.9 Å². The molecule has 0 heterocycles. The second-order valence-electron chi connectivity index (χ2n) is 8.00. The molecule has 128 valence electrons. The first-order valence-electron chi connectivity index (χ1n) is 9.56. The number of hydrogen-bond donors (Lipinski definition) is 1. The monoisotopic (exact) mass is 315 g/mol. The van der Waals surface area contributed by atoms with E-state index in [1.807, 2.05) is 0 Å². The molecule has 2 saturated carbocycles. The summed E-state index contributed by atoms with van der Waals surface area (Å²) in [6.07, 6.45) is 11.1. The van der Waals surface area contributed by atoms with Crippen LogP contribution in [-0.4, -0.2) is 30.1 Å². The van der Waals surface area contributed by atoms with Gasteiger partial charge >= 0.3 is 0 Å². The Balaban J connectivity index is 1.84. The average molecular weight is 316 g/mol. The van der Waals surface area contributed by atoms with Crippen molar-refractivity contribution in [1.29, 1.82) is 0 Å². The molecule has 23 heavy (non-hydrogen) atoms. The average Bonchev–Trinajstić information content (AvgIpc) is 2.62. The molecule has 1 aromatic carbocycles. The van der Waals surface area contributed by atoms with Crippen LogP contribution in [-0.2, 0) is 5.60 Å². The van der Waals surface area contributed by atoms with E-state index in [-0.39, 0.29) is 0 Å². The first-order valence-corrected chi connectivity index (χ1v) is 9.56. The number of hydrogen-bond acceptors (Lipinski definition) is 2. The molecule has 2 fully saturated rings. The summed E-state index contributed by atoms with van der Waals surface area (Å²) >= 11 is 0. The Morgan fingerprint density at radius 3 is 1.96 bits per heavy atom. The number of rotatable bonds is 4. The SMILES string of the molecule is CN(C)C1CCC(C(O)(c2ccccc2)C2CCCCC2)CC1. The maximum atomic E-state index is 11.9. The quantitative estimate of drug-likeness (QED) is 0.879. The molecule has 1 aromatic rings. The topological polar surface area (TPSA) is 23.5 Å². The summed E-state index contributed by atoms with van der Waals surface area (Å²) in [6.45, 7) is 0. The van der Waals surface area contributed by atoms with E-state index < -0.39 is 5.60 Å². The molecule has 2 aliphatic rings. The minimum absolute atomic E-state index is 0.421. The van der Waals surface area contributed by atoms with Crippen molar-refractivity contribution in [3.8, 4) is 0 Å². The lowest BCUT2D eigenvalue weighted by molar-refractivity contribution is -0.103. The highest BCUT2D eigenvalue weighted by atomic mass is 16.3. The Bertz CT molecular complexity index is 472. The fraction of sp³-hybridized carbons (Fsp3) is 0.714. The molecule has 0 amide bonds. The van der Waals surface area contributed by atoms with E-state index in [9.17, 15) is 5.11 Å². The van der Waals surface area contributed by atoms with Gasteiger partial charge in [-0.15, -0.1) is 0 Å². The fourth-order valence-electron chi connectivity index (χ4n) is 5.08. The van der Waals surface area contributed by atoms with Crippen molar-refractivity contribution >= 4 is 0 Å². The Hall–Kier alpha value is -0.860. The third-order valence-corrected chi connectivity index (χ3v) is 6.51. The highest BCUT2D eigenvalue weighted by molar-refractivity contribution is 5.25. The van der Waals surface area contributed by atoms with Crippen LogP contribution in [0, 0.1) is 11.8 Å². The van der Waals surface area contributed by atoms with Crippen molar-refractivity contribution < 1.29 is 5.11 Å². The van der Waals surface area contributed by atoms with Crippen LogP contribution in [0.3, 0.4) is 0 Å². The smallest absolute Gasteiger partial charge is 0.0952 e. The summed E-state index contributed by atoms with van der Waals surface area (Å²) in [7, 11) is 4.38. The predicted molar refractivity (Wildman–Crippen MR) is 96.3 cm³/mol. The minimum Gasteiger partial charge on any atom is -0.385 e. The van der Waals surface area contributed by atoms with Crippen molar-refractivity contribution in [2.24, 2.45) is 11.8 Å². The molecular weight excluding hydrogens is 282 g/mol. The highest BCUT2D eigenvalue weighted by Crippen LogP contribution is 2.49. The van der Waals surface area contributed by atoms with Crippen molar-refractivity contribution in [2.75, 3.05) is 14.1 Å². The van der Waals surface area contributed by atoms with Gasteiger partial charge in [0.1, 0.15) is 0 Å². The van der Waals surface area contributed by atoms with Crippen molar-refractivity contribution in [3.63, 3.8) is 0 Å². The van der Waals surface area contributed by atoms with Crippen LogP contribution in [0.25, 0.3) is 0 Å². The van der Waals surface area contributed by atoms with Gasteiger partial charge in [0, 0.05) is 6.04 Å². The Morgan fingerprint density at radius 2 is 1.39 bits per heavy atom. The Labute approximate surface area is 141 Å². The zero-order chi connectivity index (χ0) is 16.3. The van der Waals surface area contributed by atoms with Crippen LogP contribution in [0.5, 0.6) is 0 Å². The molecule has 1 N–H and O–H groups in total.